The summed E-state index contributed by atoms with van der Waals surface area (Å²) in [6.45, 7) is 2.01. The first-order valence-electron chi connectivity index (χ1n) is 4.96. The molecule has 0 unspecified atom stereocenters. The van der Waals surface area contributed by atoms with Crippen molar-refractivity contribution in [1.82, 2.24) is 0 Å². The molecule has 0 aliphatic rings. The Labute approximate surface area is 101 Å². The van der Waals surface area contributed by atoms with E-state index in [1.807, 2.05) is 49.6 Å². The Morgan fingerprint density at radius 1 is 1.29 bits per heavy atom. The molecule has 0 saturated heterocycles. The Morgan fingerprint density at radius 3 is 2.06 bits per heavy atom. The highest BCUT2D eigenvalue weighted by Gasteiger charge is 2.16. The molecule has 2 atom stereocenters. The van der Waals surface area contributed by atoms with Crippen LogP contribution in [0.25, 0.3) is 0 Å². The minimum absolute atomic E-state index is 0.215. The summed E-state index contributed by atoms with van der Waals surface area (Å²) < 4.78 is 32.8. The van der Waals surface area contributed by atoms with E-state index in [-0.39, 0.29) is 12.1 Å². The van der Waals surface area contributed by atoms with E-state index in [2.05, 4.69) is 0 Å². The van der Waals surface area contributed by atoms with Gasteiger partial charge in [-0.1, -0.05) is 30.3 Å². The van der Waals surface area contributed by atoms with Gasteiger partial charge in [0.1, 0.15) is 12.1 Å². The second-order valence-corrected chi connectivity index (χ2v) is 4.33. The van der Waals surface area contributed by atoms with Crippen molar-refractivity contribution in [3.63, 3.8) is 0 Å². The molecule has 1 aromatic carbocycles. The number of quaternary nitrogens is 1. The molecule has 0 fully saturated rings. The Morgan fingerprint density at radius 2 is 1.71 bits per heavy atom. The maximum Gasteiger partial charge on any atom is 0.215 e. The van der Waals surface area contributed by atoms with Crippen molar-refractivity contribution >= 4 is 10.4 Å². The van der Waals surface area contributed by atoms with Gasteiger partial charge in [0, 0.05) is 0 Å². The lowest BCUT2D eigenvalue weighted by atomic mass is 10.0. The summed E-state index contributed by atoms with van der Waals surface area (Å²) in [5, 5.41) is 11.8. The molecule has 0 aliphatic heterocycles. The van der Waals surface area contributed by atoms with Crippen LogP contribution in [0, 0.1) is 0 Å². The Bertz CT molecular complexity index is 398. The Kier molecular flexibility index (Phi) is 6.93. The van der Waals surface area contributed by atoms with Crippen molar-refractivity contribution in [1.29, 1.82) is 0 Å². The molecule has 0 amide bonds. The van der Waals surface area contributed by atoms with Crippen LogP contribution in [0.2, 0.25) is 0 Å². The lowest BCUT2D eigenvalue weighted by molar-refractivity contribution is -0.669. The summed E-state index contributed by atoms with van der Waals surface area (Å²) in [6.07, 6.45) is -0.365. The van der Waals surface area contributed by atoms with Gasteiger partial charge < -0.3 is 15.0 Å². The van der Waals surface area contributed by atoms with E-state index in [0.29, 0.717) is 0 Å². The largest absolute Gasteiger partial charge is 0.726 e. The van der Waals surface area contributed by atoms with Gasteiger partial charge in [-0.05, 0) is 12.5 Å². The van der Waals surface area contributed by atoms with Crippen LogP contribution in [-0.4, -0.2) is 35.7 Å². The quantitative estimate of drug-likeness (QED) is 0.493. The molecular formula is C10H17NO5S. The van der Waals surface area contributed by atoms with E-state index in [0.717, 1.165) is 5.56 Å². The predicted octanol–water partition coefficient (Wildman–Crippen LogP) is -0.694. The first-order valence-corrected chi connectivity index (χ1v) is 6.33. The van der Waals surface area contributed by atoms with Crippen LogP contribution in [-0.2, 0) is 10.4 Å². The zero-order valence-electron chi connectivity index (χ0n) is 9.65. The van der Waals surface area contributed by atoms with E-state index >= 15 is 0 Å². The minimum Gasteiger partial charge on any atom is -0.726 e. The number of hydrogen-bond donors (Lipinski definition) is 3. The zero-order valence-corrected chi connectivity index (χ0v) is 10.5. The van der Waals surface area contributed by atoms with Crippen LogP contribution < -0.4 is 5.32 Å². The molecule has 7 heteroatoms. The monoisotopic (exact) mass is 263 g/mol. The number of likely N-dealkylation sites (N-methyl/N-ethyl adjacent to an activating group) is 1. The summed E-state index contributed by atoms with van der Waals surface area (Å²) in [4.78, 5) is 0. The van der Waals surface area contributed by atoms with E-state index in [1.165, 1.54) is 0 Å². The molecule has 6 nitrogen and oxygen atoms in total. The third-order valence-electron chi connectivity index (χ3n) is 2.16. The highest BCUT2D eigenvalue weighted by Crippen LogP contribution is 2.13. The van der Waals surface area contributed by atoms with Gasteiger partial charge in [-0.3, -0.25) is 4.55 Å². The molecule has 0 aromatic heterocycles. The van der Waals surface area contributed by atoms with Crippen molar-refractivity contribution in [2.45, 2.75) is 19.1 Å². The van der Waals surface area contributed by atoms with Gasteiger partial charge in [-0.15, -0.1) is 0 Å². The summed E-state index contributed by atoms with van der Waals surface area (Å²) in [6, 6.07) is 9.96. The molecule has 0 aliphatic carbocycles. The van der Waals surface area contributed by atoms with Gasteiger partial charge in [0.05, 0.1) is 7.05 Å². The molecule has 1 aromatic rings. The Hall–Kier alpha value is -0.990. The summed E-state index contributed by atoms with van der Waals surface area (Å²) in [5.74, 6) is 0. The van der Waals surface area contributed by atoms with Gasteiger partial charge in [0.2, 0.25) is 10.4 Å². The molecule has 17 heavy (non-hydrogen) atoms. The van der Waals surface area contributed by atoms with Crippen molar-refractivity contribution in [2.75, 3.05) is 7.05 Å². The van der Waals surface area contributed by atoms with Gasteiger partial charge in [0.15, 0.2) is 0 Å². The highest BCUT2D eigenvalue weighted by atomic mass is 32.3. The number of benzene rings is 1. The molecule has 0 saturated carbocycles. The second kappa shape index (κ2) is 7.36. The maximum absolute atomic E-state index is 9.76. The lowest BCUT2D eigenvalue weighted by Crippen LogP contribution is -2.86. The van der Waals surface area contributed by atoms with Crippen molar-refractivity contribution in [3.8, 4) is 0 Å². The maximum atomic E-state index is 9.76. The molecule has 0 heterocycles. The average Bonchev–Trinajstić information content (AvgIpc) is 2.26. The number of hydrogen-bond acceptors (Lipinski definition) is 4. The van der Waals surface area contributed by atoms with Crippen molar-refractivity contribution < 1.29 is 27.9 Å². The topological polar surface area (TPSA) is 114 Å². The molecule has 98 valence electrons. The number of aliphatic hydroxyl groups excluding tert-OH is 1. The van der Waals surface area contributed by atoms with E-state index in [9.17, 15) is 5.11 Å². The third kappa shape index (κ3) is 8.78. The van der Waals surface area contributed by atoms with E-state index < -0.39 is 10.4 Å². The molecule has 0 radical (unpaired) electrons. The van der Waals surface area contributed by atoms with Crippen LogP contribution in [0.4, 0.5) is 0 Å². The van der Waals surface area contributed by atoms with Gasteiger partial charge in [0.25, 0.3) is 0 Å². The third-order valence-corrected chi connectivity index (χ3v) is 2.16. The fourth-order valence-corrected chi connectivity index (χ4v) is 1.14. The molecule has 4 N–H and O–H groups in total. The number of aliphatic hydroxyl groups is 1. The smallest absolute Gasteiger partial charge is 0.215 e. The number of rotatable bonds is 3. The number of nitrogens with two attached hydrogens (primary N) is 1. The standard InChI is InChI=1S/C10H15NO.H2O4S/c1-8(11-2)10(12)9-6-4-3-5-7-9;1-5(2,3)4/h3-8,10-12H,1-2H3;(H2,1,2,3,4)/t8-,10-;/m0./s1. The normalized spacial score (nSPS) is 14.4. The van der Waals surface area contributed by atoms with Crippen LogP contribution >= 0.6 is 0 Å². The summed E-state index contributed by atoms with van der Waals surface area (Å²) in [7, 11) is -2.95. The first-order chi connectivity index (χ1) is 7.75. The predicted molar refractivity (Wildman–Crippen MR) is 61.0 cm³/mol. The highest BCUT2D eigenvalue weighted by molar-refractivity contribution is 7.79. The molecule has 0 bridgehead atoms. The summed E-state index contributed by atoms with van der Waals surface area (Å²) in [5.41, 5.74) is 0.989. The summed E-state index contributed by atoms with van der Waals surface area (Å²) >= 11 is 0. The minimum atomic E-state index is -4.92. The van der Waals surface area contributed by atoms with Gasteiger partial charge in [-0.25, -0.2) is 8.42 Å². The second-order valence-electron chi connectivity index (χ2n) is 3.48. The van der Waals surface area contributed by atoms with E-state index in [1.54, 1.807) is 0 Å². The molecule has 0 spiro atoms. The fourth-order valence-electron chi connectivity index (χ4n) is 1.14. The van der Waals surface area contributed by atoms with Crippen LogP contribution in [0.1, 0.15) is 18.6 Å². The first kappa shape index (κ1) is 16.0. The van der Waals surface area contributed by atoms with Gasteiger partial charge in [-0.2, -0.15) is 0 Å². The van der Waals surface area contributed by atoms with Crippen molar-refractivity contribution in [3.05, 3.63) is 35.9 Å². The molecular weight excluding hydrogens is 246 g/mol. The van der Waals surface area contributed by atoms with Crippen LogP contribution in [0.15, 0.2) is 30.3 Å². The van der Waals surface area contributed by atoms with Crippen LogP contribution in [0.3, 0.4) is 0 Å². The van der Waals surface area contributed by atoms with E-state index in [4.69, 9.17) is 17.5 Å². The molecule has 1 rings (SSSR count). The fraction of sp³-hybridized carbons (Fsp3) is 0.400. The lowest BCUT2D eigenvalue weighted by Gasteiger charge is -2.15. The average molecular weight is 263 g/mol. The van der Waals surface area contributed by atoms with Crippen LogP contribution in [0.5, 0.6) is 0 Å². The Balaban J connectivity index is 0.000000437. The zero-order chi connectivity index (χ0) is 13.5. The van der Waals surface area contributed by atoms with Gasteiger partial charge >= 0.3 is 0 Å². The SMILES string of the molecule is C[NH2+][C@@H](C)[C@H](O)c1ccccc1.O=S(=O)([O-])O. The van der Waals surface area contributed by atoms with Crippen molar-refractivity contribution in [2.24, 2.45) is 0 Å².